The molecule has 2 rings (SSSR count). The molecule has 1 aromatic heterocycles. The van der Waals surface area contributed by atoms with Crippen LogP contribution in [0, 0.1) is 0 Å². The third kappa shape index (κ3) is 3.93. The SMILES string of the molecule is CCNCCc1cn(Cc2ccc(C(N)=O)cc2)cn1. The largest absolute Gasteiger partial charge is 0.366 e. The lowest BCUT2D eigenvalue weighted by Crippen LogP contribution is -2.16. The maximum Gasteiger partial charge on any atom is 0.248 e. The van der Waals surface area contributed by atoms with Crippen LogP contribution >= 0.6 is 0 Å². The molecule has 0 spiro atoms. The van der Waals surface area contributed by atoms with E-state index in [1.165, 1.54) is 0 Å². The van der Waals surface area contributed by atoms with Crippen molar-refractivity contribution >= 4 is 5.91 Å². The van der Waals surface area contributed by atoms with Gasteiger partial charge in [0, 0.05) is 31.3 Å². The molecule has 0 aliphatic heterocycles. The summed E-state index contributed by atoms with van der Waals surface area (Å²) in [5, 5.41) is 3.28. The first-order chi connectivity index (χ1) is 9.69. The maximum atomic E-state index is 11.0. The lowest BCUT2D eigenvalue weighted by molar-refractivity contribution is 0.100. The fourth-order valence-corrected chi connectivity index (χ4v) is 2.00. The zero-order valence-electron chi connectivity index (χ0n) is 11.7. The van der Waals surface area contributed by atoms with Gasteiger partial charge in [0.15, 0.2) is 0 Å². The second-order valence-corrected chi connectivity index (χ2v) is 4.70. The fourth-order valence-electron chi connectivity index (χ4n) is 2.00. The van der Waals surface area contributed by atoms with Crippen molar-refractivity contribution in [3.8, 4) is 0 Å². The molecule has 0 atom stereocenters. The second kappa shape index (κ2) is 6.86. The van der Waals surface area contributed by atoms with Crippen molar-refractivity contribution in [2.75, 3.05) is 13.1 Å². The van der Waals surface area contributed by atoms with Gasteiger partial charge in [0.1, 0.15) is 0 Å². The highest BCUT2D eigenvalue weighted by molar-refractivity contribution is 5.92. The van der Waals surface area contributed by atoms with Crippen molar-refractivity contribution in [3.63, 3.8) is 0 Å². The standard InChI is InChI=1S/C15H20N4O/c1-2-17-8-7-14-10-19(11-18-14)9-12-3-5-13(6-4-12)15(16)20/h3-6,10-11,17H,2,7-9H2,1H3,(H2,16,20). The van der Waals surface area contributed by atoms with Gasteiger partial charge in [-0.15, -0.1) is 0 Å². The van der Waals surface area contributed by atoms with Gasteiger partial charge < -0.3 is 15.6 Å². The predicted octanol–water partition coefficient (Wildman–Crippen LogP) is 1.18. The van der Waals surface area contributed by atoms with E-state index in [2.05, 4.69) is 23.4 Å². The summed E-state index contributed by atoms with van der Waals surface area (Å²) < 4.78 is 2.04. The number of primary amides is 1. The summed E-state index contributed by atoms with van der Waals surface area (Å²) in [7, 11) is 0. The molecule has 0 bridgehead atoms. The van der Waals surface area contributed by atoms with E-state index in [0.717, 1.165) is 37.3 Å². The number of nitrogens with one attached hydrogen (secondary N) is 1. The van der Waals surface area contributed by atoms with Crippen LogP contribution in [0.2, 0.25) is 0 Å². The number of imidazole rings is 1. The van der Waals surface area contributed by atoms with E-state index in [0.29, 0.717) is 5.56 Å². The average molecular weight is 272 g/mol. The van der Waals surface area contributed by atoms with Crippen LogP contribution in [0.15, 0.2) is 36.8 Å². The Hall–Kier alpha value is -2.14. The highest BCUT2D eigenvalue weighted by atomic mass is 16.1. The molecule has 0 aliphatic carbocycles. The predicted molar refractivity (Wildman–Crippen MR) is 78.5 cm³/mol. The normalized spacial score (nSPS) is 10.7. The maximum absolute atomic E-state index is 11.0. The van der Waals surface area contributed by atoms with Gasteiger partial charge in [-0.1, -0.05) is 19.1 Å². The van der Waals surface area contributed by atoms with Crippen molar-refractivity contribution < 1.29 is 4.79 Å². The van der Waals surface area contributed by atoms with Crippen LogP contribution in [-0.2, 0) is 13.0 Å². The highest BCUT2D eigenvalue weighted by Crippen LogP contribution is 2.07. The van der Waals surface area contributed by atoms with E-state index in [1.54, 1.807) is 12.1 Å². The topological polar surface area (TPSA) is 72.9 Å². The average Bonchev–Trinajstić information content (AvgIpc) is 2.87. The van der Waals surface area contributed by atoms with Crippen LogP contribution in [0.1, 0.15) is 28.5 Å². The number of rotatable bonds is 7. The molecule has 0 saturated heterocycles. The summed E-state index contributed by atoms with van der Waals surface area (Å²) in [6.45, 7) is 4.76. The van der Waals surface area contributed by atoms with Crippen molar-refractivity contribution in [1.29, 1.82) is 0 Å². The van der Waals surface area contributed by atoms with Gasteiger partial charge in [-0.25, -0.2) is 4.98 Å². The molecule has 0 unspecified atom stereocenters. The first-order valence-electron chi connectivity index (χ1n) is 6.79. The number of aromatic nitrogens is 2. The number of nitrogens with two attached hydrogens (primary N) is 1. The minimum Gasteiger partial charge on any atom is -0.366 e. The van der Waals surface area contributed by atoms with Crippen LogP contribution in [0.25, 0.3) is 0 Å². The summed E-state index contributed by atoms with van der Waals surface area (Å²) in [5.74, 6) is -0.398. The van der Waals surface area contributed by atoms with Crippen molar-refractivity contribution in [1.82, 2.24) is 14.9 Å². The number of benzene rings is 1. The molecule has 1 aromatic carbocycles. The van der Waals surface area contributed by atoms with Gasteiger partial charge in [0.05, 0.1) is 12.0 Å². The Morgan fingerprint density at radius 3 is 2.75 bits per heavy atom. The molecule has 3 N–H and O–H groups in total. The van der Waals surface area contributed by atoms with Crippen molar-refractivity contribution in [2.24, 2.45) is 5.73 Å². The van der Waals surface area contributed by atoms with Crippen LogP contribution < -0.4 is 11.1 Å². The van der Waals surface area contributed by atoms with Gasteiger partial charge in [-0.3, -0.25) is 4.79 Å². The Morgan fingerprint density at radius 2 is 2.10 bits per heavy atom. The van der Waals surface area contributed by atoms with Crippen LogP contribution in [-0.4, -0.2) is 28.5 Å². The molecular formula is C15H20N4O. The van der Waals surface area contributed by atoms with Gasteiger partial charge in [0.2, 0.25) is 5.91 Å². The first-order valence-corrected chi connectivity index (χ1v) is 6.79. The summed E-state index contributed by atoms with van der Waals surface area (Å²) in [4.78, 5) is 15.4. The zero-order valence-corrected chi connectivity index (χ0v) is 11.7. The third-order valence-corrected chi connectivity index (χ3v) is 3.10. The Balaban J connectivity index is 1.94. The molecule has 5 nitrogen and oxygen atoms in total. The highest BCUT2D eigenvalue weighted by Gasteiger charge is 2.02. The fraction of sp³-hybridized carbons (Fsp3) is 0.333. The molecule has 0 aliphatic rings. The van der Waals surface area contributed by atoms with E-state index in [4.69, 9.17) is 5.73 Å². The van der Waals surface area contributed by atoms with E-state index in [9.17, 15) is 4.79 Å². The van der Waals surface area contributed by atoms with Gasteiger partial charge in [-0.2, -0.15) is 0 Å². The van der Waals surface area contributed by atoms with Gasteiger partial charge >= 0.3 is 0 Å². The van der Waals surface area contributed by atoms with E-state index >= 15 is 0 Å². The Labute approximate surface area is 118 Å². The minimum atomic E-state index is -0.398. The van der Waals surface area contributed by atoms with Crippen LogP contribution in [0.4, 0.5) is 0 Å². The summed E-state index contributed by atoms with van der Waals surface area (Å²) in [5.41, 5.74) is 7.95. The molecule has 1 heterocycles. The summed E-state index contributed by atoms with van der Waals surface area (Å²) in [6.07, 6.45) is 4.82. The third-order valence-electron chi connectivity index (χ3n) is 3.10. The van der Waals surface area contributed by atoms with Crippen LogP contribution in [0.3, 0.4) is 0 Å². The smallest absolute Gasteiger partial charge is 0.248 e. The number of likely N-dealkylation sites (N-methyl/N-ethyl adjacent to an activating group) is 1. The van der Waals surface area contributed by atoms with E-state index in [-0.39, 0.29) is 0 Å². The van der Waals surface area contributed by atoms with E-state index < -0.39 is 5.91 Å². The monoisotopic (exact) mass is 272 g/mol. The summed E-state index contributed by atoms with van der Waals surface area (Å²) in [6, 6.07) is 7.33. The number of hydrogen-bond donors (Lipinski definition) is 2. The molecule has 106 valence electrons. The number of hydrogen-bond acceptors (Lipinski definition) is 3. The number of nitrogens with zero attached hydrogens (tertiary/aromatic N) is 2. The van der Waals surface area contributed by atoms with Gasteiger partial charge in [-0.05, 0) is 24.2 Å². The molecule has 0 radical (unpaired) electrons. The number of amides is 1. The summed E-state index contributed by atoms with van der Waals surface area (Å²) >= 11 is 0. The van der Waals surface area contributed by atoms with Gasteiger partial charge in [0.25, 0.3) is 0 Å². The second-order valence-electron chi connectivity index (χ2n) is 4.70. The molecule has 0 fully saturated rings. The zero-order chi connectivity index (χ0) is 14.4. The van der Waals surface area contributed by atoms with Crippen molar-refractivity contribution in [3.05, 3.63) is 53.6 Å². The lowest BCUT2D eigenvalue weighted by atomic mass is 10.1. The molecule has 2 aromatic rings. The van der Waals surface area contributed by atoms with E-state index in [1.807, 2.05) is 23.0 Å². The number of carbonyl (C=O) groups excluding carboxylic acids is 1. The Bertz CT molecular complexity index is 560. The minimum absolute atomic E-state index is 0.398. The quantitative estimate of drug-likeness (QED) is 0.743. The molecule has 1 amide bonds. The lowest BCUT2D eigenvalue weighted by Gasteiger charge is -2.03. The molecule has 20 heavy (non-hydrogen) atoms. The molecular weight excluding hydrogens is 252 g/mol. The van der Waals surface area contributed by atoms with Crippen LogP contribution in [0.5, 0.6) is 0 Å². The molecule has 0 saturated carbocycles. The Morgan fingerprint density at radius 1 is 1.35 bits per heavy atom. The van der Waals surface area contributed by atoms with Crippen molar-refractivity contribution in [2.45, 2.75) is 19.9 Å². The molecule has 5 heteroatoms. The first kappa shape index (κ1) is 14.3. The Kier molecular flexibility index (Phi) is 4.90. The number of carbonyl (C=O) groups is 1.